The highest BCUT2D eigenvalue weighted by atomic mass is 16.4. The molecule has 2 atom stereocenters. The van der Waals surface area contributed by atoms with Crippen LogP contribution in [0.4, 0.5) is 0 Å². The molecule has 1 rings (SSSR count). The number of carbonyl (C=O) groups excluding carboxylic acids is 1. The molecule has 0 saturated heterocycles. The van der Waals surface area contributed by atoms with Crippen LogP contribution in [0.15, 0.2) is 24.0 Å². The van der Waals surface area contributed by atoms with E-state index < -0.39 is 17.5 Å². The maximum Gasteiger partial charge on any atom is 0.104 e. The Labute approximate surface area is 75.8 Å². The van der Waals surface area contributed by atoms with E-state index in [0.29, 0.717) is 0 Å². The molecule has 4 heteroatoms. The van der Waals surface area contributed by atoms with E-state index in [1.165, 1.54) is 18.2 Å². The summed E-state index contributed by atoms with van der Waals surface area (Å²) in [4.78, 5) is 10.6. The topological polar surface area (TPSA) is 80.6 Å². The SMILES string of the molecule is CCC1(O)C=CC=C(O)C1C(=O)[O-]. The molecule has 2 unspecified atom stereocenters. The lowest BCUT2D eigenvalue weighted by Gasteiger charge is -2.34. The average molecular weight is 183 g/mol. The van der Waals surface area contributed by atoms with Gasteiger partial charge in [-0.25, -0.2) is 0 Å². The van der Waals surface area contributed by atoms with E-state index in [1.807, 2.05) is 0 Å². The maximum absolute atomic E-state index is 10.6. The molecule has 0 aromatic carbocycles. The predicted octanol–water partition coefficient (Wildman–Crippen LogP) is -0.495. The van der Waals surface area contributed by atoms with Gasteiger partial charge in [-0.3, -0.25) is 0 Å². The van der Waals surface area contributed by atoms with Gasteiger partial charge in [-0.2, -0.15) is 0 Å². The fourth-order valence-electron chi connectivity index (χ4n) is 1.41. The third-order valence-electron chi connectivity index (χ3n) is 2.25. The second-order valence-electron chi connectivity index (χ2n) is 3.05. The van der Waals surface area contributed by atoms with Crippen LogP contribution in [0.25, 0.3) is 0 Å². The zero-order chi connectivity index (χ0) is 10.1. The quantitative estimate of drug-likeness (QED) is 0.605. The van der Waals surface area contributed by atoms with Gasteiger partial charge in [0.15, 0.2) is 0 Å². The lowest BCUT2D eigenvalue weighted by atomic mass is 9.80. The van der Waals surface area contributed by atoms with Crippen LogP contribution in [0.3, 0.4) is 0 Å². The van der Waals surface area contributed by atoms with E-state index in [2.05, 4.69) is 0 Å². The number of hydrogen-bond acceptors (Lipinski definition) is 4. The zero-order valence-corrected chi connectivity index (χ0v) is 7.23. The summed E-state index contributed by atoms with van der Waals surface area (Å²) in [6.45, 7) is 1.64. The third-order valence-corrected chi connectivity index (χ3v) is 2.25. The molecule has 0 aromatic rings. The van der Waals surface area contributed by atoms with Gasteiger partial charge >= 0.3 is 0 Å². The number of rotatable bonds is 2. The molecule has 0 spiro atoms. The Balaban J connectivity index is 3.06. The Morgan fingerprint density at radius 3 is 2.77 bits per heavy atom. The lowest BCUT2D eigenvalue weighted by molar-refractivity contribution is -0.315. The zero-order valence-electron chi connectivity index (χ0n) is 7.23. The minimum absolute atomic E-state index is 0.208. The highest BCUT2D eigenvalue weighted by molar-refractivity contribution is 5.73. The van der Waals surface area contributed by atoms with Gasteiger partial charge in [-0.1, -0.05) is 19.1 Å². The first-order chi connectivity index (χ1) is 6.01. The highest BCUT2D eigenvalue weighted by Crippen LogP contribution is 2.30. The summed E-state index contributed by atoms with van der Waals surface area (Å²) in [6, 6.07) is 0. The third kappa shape index (κ3) is 1.58. The normalized spacial score (nSPS) is 32.8. The molecule has 0 aromatic heterocycles. The first-order valence-electron chi connectivity index (χ1n) is 4.03. The minimum atomic E-state index is -1.53. The summed E-state index contributed by atoms with van der Waals surface area (Å²) < 4.78 is 0. The molecule has 0 radical (unpaired) electrons. The summed E-state index contributed by atoms with van der Waals surface area (Å²) in [5.41, 5.74) is -1.53. The van der Waals surface area contributed by atoms with Crippen molar-refractivity contribution in [1.29, 1.82) is 0 Å². The van der Waals surface area contributed by atoms with Crippen LogP contribution < -0.4 is 5.11 Å². The molecule has 0 aliphatic heterocycles. The van der Waals surface area contributed by atoms with Crippen LogP contribution >= 0.6 is 0 Å². The van der Waals surface area contributed by atoms with Crippen molar-refractivity contribution in [2.45, 2.75) is 18.9 Å². The van der Waals surface area contributed by atoms with Gasteiger partial charge in [0.25, 0.3) is 0 Å². The number of carboxylic acid groups (broad SMARTS) is 1. The van der Waals surface area contributed by atoms with E-state index in [4.69, 9.17) is 0 Å². The van der Waals surface area contributed by atoms with Gasteiger partial charge in [0.1, 0.15) is 5.76 Å². The van der Waals surface area contributed by atoms with Gasteiger partial charge < -0.3 is 20.1 Å². The largest absolute Gasteiger partial charge is 0.549 e. The Kier molecular flexibility index (Phi) is 2.43. The number of carboxylic acids is 1. The molecule has 0 bridgehead atoms. The van der Waals surface area contributed by atoms with Gasteiger partial charge in [-0.15, -0.1) is 0 Å². The van der Waals surface area contributed by atoms with Crippen molar-refractivity contribution in [3.63, 3.8) is 0 Å². The molecular weight excluding hydrogens is 172 g/mol. The van der Waals surface area contributed by atoms with E-state index in [9.17, 15) is 20.1 Å². The van der Waals surface area contributed by atoms with Crippen molar-refractivity contribution in [3.05, 3.63) is 24.0 Å². The molecule has 0 fully saturated rings. The van der Waals surface area contributed by atoms with E-state index in [1.54, 1.807) is 6.92 Å². The van der Waals surface area contributed by atoms with Crippen molar-refractivity contribution in [2.24, 2.45) is 5.92 Å². The monoisotopic (exact) mass is 183 g/mol. The number of aliphatic hydroxyl groups is 2. The second kappa shape index (κ2) is 3.22. The fourth-order valence-corrected chi connectivity index (χ4v) is 1.41. The number of hydrogen-bond donors (Lipinski definition) is 2. The summed E-state index contributed by atoms with van der Waals surface area (Å²) in [5, 5.41) is 29.6. The molecule has 0 heterocycles. The summed E-state index contributed by atoms with van der Waals surface area (Å²) >= 11 is 0. The molecule has 1 aliphatic rings. The van der Waals surface area contributed by atoms with Crippen molar-refractivity contribution >= 4 is 5.97 Å². The fraction of sp³-hybridized carbons (Fsp3) is 0.444. The van der Waals surface area contributed by atoms with Crippen LogP contribution in [-0.2, 0) is 4.79 Å². The molecule has 0 saturated carbocycles. The molecule has 13 heavy (non-hydrogen) atoms. The minimum Gasteiger partial charge on any atom is -0.549 e. The van der Waals surface area contributed by atoms with Gasteiger partial charge in [-0.05, 0) is 12.5 Å². The molecule has 4 nitrogen and oxygen atoms in total. The lowest BCUT2D eigenvalue weighted by Crippen LogP contribution is -2.48. The molecule has 1 aliphatic carbocycles. The van der Waals surface area contributed by atoms with Crippen molar-refractivity contribution in [3.8, 4) is 0 Å². The van der Waals surface area contributed by atoms with Gasteiger partial charge in [0.2, 0.25) is 0 Å². The van der Waals surface area contributed by atoms with Crippen LogP contribution in [0.5, 0.6) is 0 Å². The van der Waals surface area contributed by atoms with E-state index in [0.717, 1.165) is 0 Å². The number of aliphatic hydroxyl groups excluding tert-OH is 1. The molecule has 0 amide bonds. The van der Waals surface area contributed by atoms with Crippen LogP contribution in [0.1, 0.15) is 13.3 Å². The highest BCUT2D eigenvalue weighted by Gasteiger charge is 2.38. The first kappa shape index (κ1) is 9.80. The van der Waals surface area contributed by atoms with Crippen LogP contribution in [0, 0.1) is 5.92 Å². The molecule has 72 valence electrons. The van der Waals surface area contributed by atoms with Crippen molar-refractivity contribution in [1.82, 2.24) is 0 Å². The van der Waals surface area contributed by atoms with Gasteiger partial charge in [0, 0.05) is 0 Å². The van der Waals surface area contributed by atoms with Crippen LogP contribution in [-0.4, -0.2) is 21.8 Å². The molecule has 2 N–H and O–H groups in total. The summed E-state index contributed by atoms with van der Waals surface area (Å²) in [5.74, 6) is -3.20. The van der Waals surface area contributed by atoms with Gasteiger partial charge in [0.05, 0.1) is 17.5 Å². The second-order valence-corrected chi connectivity index (χ2v) is 3.05. The Morgan fingerprint density at radius 1 is 1.77 bits per heavy atom. The van der Waals surface area contributed by atoms with E-state index in [-0.39, 0.29) is 12.2 Å². The predicted molar refractivity (Wildman–Crippen MR) is 43.6 cm³/mol. The summed E-state index contributed by atoms with van der Waals surface area (Å²) in [6.07, 6.45) is 4.23. The maximum atomic E-state index is 10.6. The summed E-state index contributed by atoms with van der Waals surface area (Å²) in [7, 11) is 0. The Bertz CT molecular complexity index is 279. The molecular formula is C9H11O4-. The Hall–Kier alpha value is -1.29. The van der Waals surface area contributed by atoms with E-state index >= 15 is 0 Å². The smallest absolute Gasteiger partial charge is 0.104 e. The first-order valence-corrected chi connectivity index (χ1v) is 4.03. The standard InChI is InChI=1S/C9H12O4/c1-2-9(13)5-3-4-6(10)7(9)8(11)12/h3-5,7,10,13H,2H2,1H3,(H,11,12)/p-1. The Morgan fingerprint density at radius 2 is 2.38 bits per heavy atom. The van der Waals surface area contributed by atoms with Crippen LogP contribution in [0.2, 0.25) is 0 Å². The average Bonchev–Trinajstić information content (AvgIpc) is 2.03. The van der Waals surface area contributed by atoms with Crippen molar-refractivity contribution in [2.75, 3.05) is 0 Å². The van der Waals surface area contributed by atoms with Crippen molar-refractivity contribution < 1.29 is 20.1 Å². The number of carbonyl (C=O) groups is 1. The number of aliphatic carboxylic acids is 1. The number of allylic oxidation sites excluding steroid dienone is 2.